The van der Waals surface area contributed by atoms with E-state index in [1.54, 1.807) is 36.4 Å². The third kappa shape index (κ3) is 5.90. The average molecular weight is 511 g/mol. The molecular weight excluding hydrogens is 495 g/mol. The van der Waals surface area contributed by atoms with Gasteiger partial charge in [0.05, 0.1) is 22.3 Å². The highest BCUT2D eigenvalue weighted by Gasteiger charge is 2.42. The maximum absolute atomic E-state index is 13.2. The highest BCUT2D eigenvalue weighted by Crippen LogP contribution is 2.21. The molecule has 0 saturated heterocycles. The van der Waals surface area contributed by atoms with Crippen molar-refractivity contribution >= 4 is 46.4 Å². The molecule has 0 saturated carbocycles. The van der Waals surface area contributed by atoms with Crippen molar-refractivity contribution in [2.24, 2.45) is 0 Å². The number of fused-ring (bicyclic) bond motifs is 1. The number of nitrogens with zero attached hydrogens (tertiary/aromatic N) is 1. The fraction of sp³-hybridized carbons (Fsp3) is 0.0417. The van der Waals surface area contributed by atoms with E-state index in [-0.39, 0.29) is 28.2 Å². The van der Waals surface area contributed by atoms with E-state index in [0.717, 1.165) is 0 Å². The average Bonchev–Trinajstić information content (AvgIpc) is 3.28. The van der Waals surface area contributed by atoms with Gasteiger partial charge < -0.3 is 9.72 Å². The van der Waals surface area contributed by atoms with E-state index in [1.807, 2.05) is 11.4 Å². The van der Waals surface area contributed by atoms with Gasteiger partial charge in [-0.15, -0.1) is 0 Å². The molecule has 4 N–H and O–H groups in total. The van der Waals surface area contributed by atoms with Gasteiger partial charge in [0.1, 0.15) is 0 Å². The van der Waals surface area contributed by atoms with Crippen LogP contribution in [-0.4, -0.2) is 39.9 Å². The number of nitrogens with one attached hydrogen (secondary N) is 4. The van der Waals surface area contributed by atoms with Crippen LogP contribution in [0.1, 0.15) is 26.3 Å². The molecule has 0 fully saturated rings. The summed E-state index contributed by atoms with van der Waals surface area (Å²) in [6.07, 6.45) is -7.03. The molecule has 0 bridgehead atoms. The topological polar surface area (TPSA) is 142 Å². The molecule has 0 aliphatic heterocycles. The Morgan fingerprint density at radius 1 is 0.865 bits per heavy atom. The molecule has 4 rings (SSSR count). The first kappa shape index (κ1) is 24.9. The van der Waals surface area contributed by atoms with Crippen LogP contribution in [0.5, 0.6) is 0 Å². The number of rotatable bonds is 6. The first-order valence-corrected chi connectivity index (χ1v) is 10.5. The molecular formula is C24H16F3N5O5. The maximum Gasteiger partial charge on any atom is 0.491 e. The van der Waals surface area contributed by atoms with Crippen molar-refractivity contribution in [2.45, 2.75) is 6.18 Å². The van der Waals surface area contributed by atoms with Crippen LogP contribution in [-0.2, 0) is 9.53 Å². The normalized spacial score (nSPS) is 11.0. The largest absolute Gasteiger partial charge is 0.491 e. The smallest absolute Gasteiger partial charge is 0.369 e. The predicted molar refractivity (Wildman–Crippen MR) is 125 cm³/mol. The number of ketones is 1. The Morgan fingerprint density at radius 3 is 2.24 bits per heavy atom. The minimum absolute atomic E-state index is 0.109. The molecule has 0 unspecified atom stereocenters. The van der Waals surface area contributed by atoms with Crippen LogP contribution >= 0.6 is 0 Å². The third-order valence-corrected chi connectivity index (χ3v) is 4.89. The number of aromatic nitrogens is 2. The number of amides is 2. The molecule has 37 heavy (non-hydrogen) atoms. The third-order valence-electron chi connectivity index (χ3n) is 4.89. The minimum Gasteiger partial charge on any atom is -0.369 e. The van der Waals surface area contributed by atoms with Gasteiger partial charge in [0.2, 0.25) is 5.95 Å². The first-order chi connectivity index (χ1) is 17.6. The Hall–Kier alpha value is -5.20. The fourth-order valence-electron chi connectivity index (χ4n) is 3.22. The van der Waals surface area contributed by atoms with Gasteiger partial charge in [-0.1, -0.05) is 36.4 Å². The number of benzene rings is 3. The summed E-state index contributed by atoms with van der Waals surface area (Å²) in [6, 6.07) is 19.3. The van der Waals surface area contributed by atoms with Gasteiger partial charge in [-0.3, -0.25) is 25.8 Å². The number of esters is 1. The van der Waals surface area contributed by atoms with Crippen LogP contribution in [0.4, 0.5) is 29.6 Å². The second kappa shape index (κ2) is 10.2. The highest BCUT2D eigenvalue weighted by molar-refractivity contribution is 6.16. The fourth-order valence-corrected chi connectivity index (χ4v) is 3.22. The lowest BCUT2D eigenvalue weighted by molar-refractivity contribution is -0.192. The van der Waals surface area contributed by atoms with Crippen molar-refractivity contribution in [1.29, 1.82) is 0 Å². The summed E-state index contributed by atoms with van der Waals surface area (Å²) in [5, 5.41) is 1.87. The van der Waals surface area contributed by atoms with Crippen LogP contribution in [0, 0.1) is 0 Å². The Balaban J connectivity index is 1.50. The number of hydrogen-bond donors (Lipinski definition) is 4. The number of anilines is 2. The first-order valence-electron chi connectivity index (χ1n) is 10.5. The molecule has 3 aromatic carbocycles. The van der Waals surface area contributed by atoms with E-state index >= 15 is 0 Å². The number of halogens is 3. The summed E-state index contributed by atoms with van der Waals surface area (Å²) in [4.78, 5) is 54.9. The van der Waals surface area contributed by atoms with Crippen LogP contribution < -0.4 is 16.2 Å². The number of aromatic amines is 1. The Bertz CT molecular complexity index is 1500. The van der Waals surface area contributed by atoms with Gasteiger partial charge in [-0.25, -0.2) is 14.6 Å². The molecule has 2 amide bonds. The van der Waals surface area contributed by atoms with Crippen molar-refractivity contribution < 1.29 is 37.1 Å². The number of carbonyl (C=O) groups excluding carboxylic acids is 4. The van der Waals surface area contributed by atoms with Gasteiger partial charge in [0.15, 0.2) is 5.78 Å². The lowest BCUT2D eigenvalue weighted by atomic mass is 9.97. The molecule has 4 aromatic rings. The van der Waals surface area contributed by atoms with Crippen LogP contribution in [0.2, 0.25) is 0 Å². The number of carbonyl (C=O) groups is 4. The zero-order valence-electron chi connectivity index (χ0n) is 18.6. The SMILES string of the molecule is O=C(Nc1nc2cc(C(=O)c3ccccc3C(=O)NNc3ccccc3)ccc2[nH]1)OC(=O)C(F)(F)F. The predicted octanol–water partition coefficient (Wildman–Crippen LogP) is 4.19. The summed E-state index contributed by atoms with van der Waals surface area (Å²) in [6.45, 7) is 0. The number of H-pyrrole nitrogens is 1. The van der Waals surface area contributed by atoms with E-state index in [9.17, 15) is 32.3 Å². The molecule has 10 nitrogen and oxygen atoms in total. The molecule has 0 aliphatic rings. The van der Waals surface area contributed by atoms with Crippen molar-refractivity contribution in [1.82, 2.24) is 15.4 Å². The van der Waals surface area contributed by atoms with E-state index in [2.05, 4.69) is 25.6 Å². The zero-order chi connectivity index (χ0) is 26.6. The summed E-state index contributed by atoms with van der Waals surface area (Å²) in [7, 11) is 0. The maximum atomic E-state index is 13.2. The van der Waals surface area contributed by atoms with Gasteiger partial charge in [-0.2, -0.15) is 13.2 Å². The lowest BCUT2D eigenvalue weighted by Crippen LogP contribution is -2.30. The van der Waals surface area contributed by atoms with Gasteiger partial charge in [-0.05, 0) is 36.4 Å². The minimum atomic E-state index is -5.34. The molecule has 188 valence electrons. The number of hydrazine groups is 1. The number of alkyl halides is 3. The molecule has 0 radical (unpaired) electrons. The highest BCUT2D eigenvalue weighted by atomic mass is 19.4. The van der Waals surface area contributed by atoms with Gasteiger partial charge >= 0.3 is 18.2 Å². The van der Waals surface area contributed by atoms with Gasteiger partial charge in [0.25, 0.3) is 5.91 Å². The van der Waals surface area contributed by atoms with E-state index < -0.39 is 29.9 Å². The lowest BCUT2D eigenvalue weighted by Gasteiger charge is -2.11. The van der Waals surface area contributed by atoms with Crippen molar-refractivity contribution in [3.63, 3.8) is 0 Å². The monoisotopic (exact) mass is 511 g/mol. The summed E-state index contributed by atoms with van der Waals surface area (Å²) >= 11 is 0. The summed E-state index contributed by atoms with van der Waals surface area (Å²) in [5.74, 6) is -4.05. The van der Waals surface area contributed by atoms with E-state index in [4.69, 9.17) is 0 Å². The zero-order valence-corrected chi connectivity index (χ0v) is 18.6. The number of ether oxygens (including phenoxy) is 1. The molecule has 1 aromatic heterocycles. The number of imidazole rings is 1. The van der Waals surface area contributed by atoms with Gasteiger partial charge in [0, 0.05) is 11.1 Å². The second-order valence-corrected chi connectivity index (χ2v) is 7.44. The molecule has 0 spiro atoms. The van der Waals surface area contributed by atoms with E-state index in [1.165, 1.54) is 30.3 Å². The summed E-state index contributed by atoms with van der Waals surface area (Å²) in [5.41, 5.74) is 6.80. The molecule has 0 aliphatic carbocycles. The Labute approximate surface area is 205 Å². The quantitative estimate of drug-likeness (QED) is 0.132. The van der Waals surface area contributed by atoms with Crippen LogP contribution in [0.15, 0.2) is 72.8 Å². The number of hydrogen-bond acceptors (Lipinski definition) is 7. The molecule has 0 atom stereocenters. The van der Waals surface area contributed by atoms with Crippen LogP contribution in [0.3, 0.4) is 0 Å². The van der Waals surface area contributed by atoms with Crippen molar-refractivity contribution in [3.8, 4) is 0 Å². The van der Waals surface area contributed by atoms with Crippen molar-refractivity contribution in [3.05, 3.63) is 89.5 Å². The second-order valence-electron chi connectivity index (χ2n) is 7.44. The van der Waals surface area contributed by atoms with E-state index in [0.29, 0.717) is 11.2 Å². The van der Waals surface area contributed by atoms with Crippen LogP contribution in [0.25, 0.3) is 11.0 Å². The summed E-state index contributed by atoms with van der Waals surface area (Å²) < 4.78 is 40.4. The standard InChI is InChI=1S/C24H16F3N5O5/c25-24(26,27)21(35)37-23(36)30-22-28-17-11-10-13(12-18(17)29-22)19(33)15-8-4-5-9-16(15)20(34)32-31-14-6-2-1-3-7-14/h1-12,31H,(H,32,34)(H2,28,29,30,36). The Kier molecular flexibility index (Phi) is 6.86. The molecule has 13 heteroatoms. The molecule has 1 heterocycles. The van der Waals surface area contributed by atoms with Crippen molar-refractivity contribution in [2.75, 3.05) is 10.7 Å². The number of para-hydroxylation sites is 1. The Morgan fingerprint density at radius 2 is 1.54 bits per heavy atom.